The van der Waals surface area contributed by atoms with Gasteiger partial charge in [0.2, 0.25) is 11.8 Å². The number of hydrogen-bond donors (Lipinski definition) is 3. The van der Waals surface area contributed by atoms with Crippen LogP contribution in [-0.2, 0) is 20.8 Å². The summed E-state index contributed by atoms with van der Waals surface area (Å²) in [6.07, 6.45) is -2.43. The Balaban J connectivity index is 1.49. The van der Waals surface area contributed by atoms with E-state index >= 15 is 0 Å². The maximum atomic E-state index is 14.9. The van der Waals surface area contributed by atoms with Gasteiger partial charge in [0.05, 0.1) is 31.7 Å². The first kappa shape index (κ1) is 22.7. The van der Waals surface area contributed by atoms with Crippen molar-refractivity contribution in [2.45, 2.75) is 44.9 Å². The van der Waals surface area contributed by atoms with Crippen molar-refractivity contribution in [1.29, 1.82) is 0 Å². The van der Waals surface area contributed by atoms with Gasteiger partial charge in [-0.05, 0) is 13.8 Å². The number of carbonyl (C=O) groups is 1. The van der Waals surface area contributed by atoms with Crippen LogP contribution >= 0.6 is 0 Å². The van der Waals surface area contributed by atoms with Gasteiger partial charge in [0.25, 0.3) is 0 Å². The number of nitrogens with zero attached hydrogens (tertiary/aromatic N) is 4. The van der Waals surface area contributed by atoms with Gasteiger partial charge in [-0.25, -0.2) is 14.2 Å². The van der Waals surface area contributed by atoms with Gasteiger partial charge in [-0.2, -0.15) is 10.1 Å². The number of alkyl carbamates (subject to hydrolysis) is 1. The smallest absolute Gasteiger partial charge is 0.407 e. The van der Waals surface area contributed by atoms with Crippen LogP contribution in [0.2, 0.25) is 0 Å². The van der Waals surface area contributed by atoms with Crippen molar-refractivity contribution in [3.63, 3.8) is 0 Å². The highest BCUT2D eigenvalue weighted by Crippen LogP contribution is 2.33. The third-order valence-electron chi connectivity index (χ3n) is 4.87. The molecule has 33 heavy (non-hydrogen) atoms. The highest BCUT2D eigenvalue weighted by atomic mass is 19.1. The Morgan fingerprint density at radius 2 is 2.18 bits per heavy atom. The molecule has 0 aliphatic carbocycles. The van der Waals surface area contributed by atoms with E-state index in [0.717, 1.165) is 0 Å². The molecule has 0 radical (unpaired) electrons. The molecular formula is C20H26FN7O5. The van der Waals surface area contributed by atoms with Gasteiger partial charge in [-0.1, -0.05) is 0 Å². The fraction of sp³-hybridized carbons (Fsp3) is 0.500. The van der Waals surface area contributed by atoms with Crippen LogP contribution in [-0.4, -0.2) is 69.8 Å². The molecule has 4 rings (SSSR count). The number of anilines is 2. The lowest BCUT2D eigenvalue weighted by Gasteiger charge is -2.16. The summed E-state index contributed by atoms with van der Waals surface area (Å²) in [5, 5.41) is 12.6. The highest BCUT2D eigenvalue weighted by Gasteiger charge is 2.42. The number of imidazole rings is 1. The molecule has 0 aromatic carbocycles. The van der Waals surface area contributed by atoms with Gasteiger partial charge in [-0.3, -0.25) is 9.50 Å². The number of methoxy groups -OCH3 is 2. The number of fused-ring (bicyclic) bond motifs is 1. The molecular weight excluding hydrogens is 437 g/mol. The Kier molecular flexibility index (Phi) is 6.60. The predicted octanol–water partition coefficient (Wildman–Crippen LogP) is 2.26. The van der Waals surface area contributed by atoms with E-state index in [1.165, 1.54) is 7.11 Å². The summed E-state index contributed by atoms with van der Waals surface area (Å²) in [7, 11) is 3.09. The van der Waals surface area contributed by atoms with Crippen LogP contribution in [0.1, 0.15) is 31.3 Å². The summed E-state index contributed by atoms with van der Waals surface area (Å²) in [4.78, 5) is 20.7. The molecule has 178 valence electrons. The number of nitrogens with one attached hydrogen (secondary N) is 3. The van der Waals surface area contributed by atoms with Gasteiger partial charge in [0, 0.05) is 31.5 Å². The lowest BCUT2D eigenvalue weighted by molar-refractivity contribution is 0.0615. The molecule has 1 fully saturated rings. The topological polar surface area (TPSA) is 137 Å². The molecule has 3 aromatic heterocycles. The van der Waals surface area contributed by atoms with Gasteiger partial charge in [0.15, 0.2) is 18.1 Å². The van der Waals surface area contributed by atoms with Gasteiger partial charge < -0.3 is 29.6 Å². The van der Waals surface area contributed by atoms with Gasteiger partial charge in [0.1, 0.15) is 11.8 Å². The molecule has 0 unspecified atom stereocenters. The molecule has 1 amide bonds. The van der Waals surface area contributed by atoms with E-state index in [-0.39, 0.29) is 12.6 Å². The van der Waals surface area contributed by atoms with E-state index in [4.69, 9.17) is 18.9 Å². The number of amides is 1. The zero-order valence-corrected chi connectivity index (χ0v) is 18.7. The Morgan fingerprint density at radius 3 is 2.91 bits per heavy atom. The second-order valence-electron chi connectivity index (χ2n) is 7.79. The summed E-state index contributed by atoms with van der Waals surface area (Å²) in [5.74, 6) is 1.14. The van der Waals surface area contributed by atoms with Crippen molar-refractivity contribution in [2.24, 2.45) is 0 Å². The van der Waals surface area contributed by atoms with Crippen LogP contribution in [0.3, 0.4) is 0 Å². The van der Waals surface area contributed by atoms with Crippen LogP contribution in [0.4, 0.5) is 21.0 Å². The number of ether oxygens (including phenoxy) is 4. The fourth-order valence-electron chi connectivity index (χ4n) is 3.43. The number of H-pyrrole nitrogens is 1. The predicted molar refractivity (Wildman–Crippen MR) is 114 cm³/mol. The normalized spacial score (nSPS) is 20.4. The Labute approximate surface area is 188 Å². The molecule has 0 bridgehead atoms. The molecule has 13 heteroatoms. The molecule has 3 atom stereocenters. The molecule has 1 aliphatic rings. The zero-order valence-electron chi connectivity index (χ0n) is 18.7. The molecule has 4 heterocycles. The molecule has 1 saturated heterocycles. The second kappa shape index (κ2) is 9.58. The average Bonchev–Trinajstić information content (AvgIpc) is 3.47. The summed E-state index contributed by atoms with van der Waals surface area (Å²) >= 11 is 0. The van der Waals surface area contributed by atoms with Gasteiger partial charge >= 0.3 is 6.09 Å². The van der Waals surface area contributed by atoms with Crippen LogP contribution in [0.25, 0.3) is 5.65 Å². The van der Waals surface area contributed by atoms with E-state index in [1.54, 1.807) is 43.7 Å². The number of aromatic amines is 1. The SMILES string of the molecule is COCc1cn2c(Nc3cc([C@H]4OC[C@@H](OC(=O)NC(C)C)[C@H]4F)[nH]n3)nc(OC)cc2n1. The number of carbonyl (C=O) groups excluding carboxylic acids is 1. The fourth-order valence-corrected chi connectivity index (χ4v) is 3.43. The van der Waals surface area contributed by atoms with Crippen molar-refractivity contribution >= 4 is 23.5 Å². The lowest BCUT2D eigenvalue weighted by Crippen LogP contribution is -2.36. The van der Waals surface area contributed by atoms with Crippen LogP contribution in [0.5, 0.6) is 5.88 Å². The quantitative estimate of drug-likeness (QED) is 0.459. The van der Waals surface area contributed by atoms with E-state index in [1.807, 2.05) is 0 Å². The number of halogens is 1. The molecule has 0 spiro atoms. The van der Waals surface area contributed by atoms with E-state index in [2.05, 4.69) is 30.8 Å². The zero-order chi connectivity index (χ0) is 23.5. The summed E-state index contributed by atoms with van der Waals surface area (Å²) in [6.45, 7) is 3.85. The summed E-state index contributed by atoms with van der Waals surface area (Å²) in [5.41, 5.74) is 1.71. The standard InChI is InChI=1S/C20H26FN7O5/c1-10(2)22-20(29)33-13-9-32-18(17(13)21)12-5-14(27-26-12)24-19-25-16(31-4)6-15-23-11(8-30-3)7-28(15)19/h5-7,10,13,17-18H,8-9H2,1-4H3,(H,22,29)(H2,24,25,26,27)/t13-,17-,18-/m1/s1. The lowest BCUT2D eigenvalue weighted by atomic mass is 10.1. The van der Waals surface area contributed by atoms with E-state index < -0.39 is 24.5 Å². The average molecular weight is 463 g/mol. The maximum absolute atomic E-state index is 14.9. The third kappa shape index (κ3) is 4.98. The van der Waals surface area contributed by atoms with Crippen molar-refractivity contribution in [1.82, 2.24) is 29.9 Å². The Hall–Kier alpha value is -3.45. The number of aromatic nitrogens is 5. The second-order valence-corrected chi connectivity index (χ2v) is 7.79. The minimum atomic E-state index is -1.55. The third-order valence-corrected chi connectivity index (χ3v) is 4.87. The molecule has 12 nitrogen and oxygen atoms in total. The molecule has 0 saturated carbocycles. The Morgan fingerprint density at radius 1 is 1.36 bits per heavy atom. The number of rotatable bonds is 8. The van der Waals surface area contributed by atoms with Crippen molar-refractivity contribution in [3.8, 4) is 5.88 Å². The van der Waals surface area contributed by atoms with Crippen LogP contribution in [0, 0.1) is 0 Å². The first-order valence-electron chi connectivity index (χ1n) is 10.3. The molecule has 3 aromatic rings. The van der Waals surface area contributed by atoms with Crippen LogP contribution < -0.4 is 15.4 Å². The number of alkyl halides is 1. The molecule has 1 aliphatic heterocycles. The monoisotopic (exact) mass is 463 g/mol. The maximum Gasteiger partial charge on any atom is 0.407 e. The highest BCUT2D eigenvalue weighted by molar-refractivity contribution is 5.67. The van der Waals surface area contributed by atoms with E-state index in [9.17, 15) is 9.18 Å². The first-order valence-corrected chi connectivity index (χ1v) is 10.3. The summed E-state index contributed by atoms with van der Waals surface area (Å²) in [6, 6.07) is 3.18. The van der Waals surface area contributed by atoms with Crippen molar-refractivity contribution in [3.05, 3.63) is 29.7 Å². The minimum absolute atomic E-state index is 0.0610. The largest absolute Gasteiger partial charge is 0.481 e. The molecule has 3 N–H and O–H groups in total. The minimum Gasteiger partial charge on any atom is -0.481 e. The summed E-state index contributed by atoms with van der Waals surface area (Å²) < 4.78 is 37.7. The first-order chi connectivity index (χ1) is 15.9. The van der Waals surface area contributed by atoms with Crippen molar-refractivity contribution in [2.75, 3.05) is 26.1 Å². The van der Waals surface area contributed by atoms with Gasteiger partial charge in [-0.15, -0.1) is 0 Å². The van der Waals surface area contributed by atoms with E-state index in [0.29, 0.717) is 41.3 Å². The Bertz CT molecular complexity index is 1120. The van der Waals surface area contributed by atoms with Crippen molar-refractivity contribution < 1.29 is 28.1 Å². The van der Waals surface area contributed by atoms with Crippen LogP contribution in [0.15, 0.2) is 18.3 Å². The number of hydrogen-bond acceptors (Lipinski definition) is 9.